The van der Waals surface area contributed by atoms with Crippen molar-refractivity contribution in [3.63, 3.8) is 0 Å². The van der Waals surface area contributed by atoms with Gasteiger partial charge in [-0.15, -0.1) is 0 Å². The lowest BCUT2D eigenvalue weighted by atomic mass is 10.1. The van der Waals surface area contributed by atoms with Crippen LogP contribution in [0.25, 0.3) is 0 Å². The quantitative estimate of drug-likeness (QED) is 0.868. The topological polar surface area (TPSA) is 61.8 Å². The lowest BCUT2D eigenvalue weighted by molar-refractivity contribution is -0.131. The molecule has 0 radical (unpaired) electrons. The van der Waals surface area contributed by atoms with Crippen molar-refractivity contribution in [3.05, 3.63) is 64.2 Å². The number of nitrogens with one attached hydrogen (secondary N) is 1. The average molecular weight is 384 g/mol. The monoisotopic (exact) mass is 383 g/mol. The molecule has 1 aliphatic heterocycles. The van der Waals surface area contributed by atoms with E-state index < -0.39 is 5.66 Å². The Kier molecular flexibility index (Phi) is 5.07. The molecule has 3 rings (SSSR count). The summed E-state index contributed by atoms with van der Waals surface area (Å²) >= 11 is 5.92. The van der Waals surface area contributed by atoms with Crippen molar-refractivity contribution in [2.75, 3.05) is 11.9 Å². The lowest BCUT2D eigenvalue weighted by Crippen LogP contribution is -2.46. The number of rotatable bonds is 4. The molecule has 0 aromatic heterocycles. The van der Waals surface area contributed by atoms with Gasteiger partial charge in [0.2, 0.25) is 5.91 Å². The van der Waals surface area contributed by atoms with Crippen molar-refractivity contribution in [2.24, 2.45) is 4.99 Å². The molecule has 2 amide bonds. The summed E-state index contributed by atoms with van der Waals surface area (Å²) in [5.74, 6) is -0.519. The predicted octanol–water partition coefficient (Wildman–Crippen LogP) is 3.96. The highest BCUT2D eigenvalue weighted by atomic mass is 35.5. The second-order valence-electron chi connectivity index (χ2n) is 7.22. The number of aryl methyl sites for hydroxylation is 2. The molecule has 0 unspecified atom stereocenters. The Balaban J connectivity index is 1.76. The van der Waals surface area contributed by atoms with Gasteiger partial charge in [-0.2, -0.15) is 0 Å². The van der Waals surface area contributed by atoms with Crippen LogP contribution in [0.15, 0.2) is 47.5 Å². The van der Waals surface area contributed by atoms with Gasteiger partial charge in [-0.25, -0.2) is 0 Å². The SMILES string of the molecule is Cc1ccc(NC(=O)CN2C(=O)C(c3ccc(Cl)cc3)=NC2(C)C)c(C)c1. The Bertz CT molecular complexity index is 933. The van der Waals surface area contributed by atoms with E-state index in [2.05, 4.69) is 10.3 Å². The maximum atomic E-state index is 12.9. The van der Waals surface area contributed by atoms with Gasteiger partial charge >= 0.3 is 0 Å². The third-order valence-corrected chi connectivity index (χ3v) is 4.82. The van der Waals surface area contributed by atoms with Gasteiger partial charge in [0.15, 0.2) is 0 Å². The molecule has 2 aromatic carbocycles. The number of carbonyl (C=O) groups is 2. The van der Waals surface area contributed by atoms with Gasteiger partial charge in [-0.3, -0.25) is 14.6 Å². The van der Waals surface area contributed by atoms with Crippen molar-refractivity contribution < 1.29 is 9.59 Å². The zero-order valence-corrected chi connectivity index (χ0v) is 16.6. The minimum Gasteiger partial charge on any atom is -0.324 e. The molecule has 6 heteroatoms. The van der Waals surface area contributed by atoms with E-state index in [1.807, 2.05) is 45.9 Å². The van der Waals surface area contributed by atoms with E-state index in [4.69, 9.17) is 11.6 Å². The van der Waals surface area contributed by atoms with Crippen molar-refractivity contribution in [1.82, 2.24) is 4.90 Å². The Morgan fingerprint density at radius 2 is 1.81 bits per heavy atom. The number of amides is 2. The number of halogens is 1. The van der Waals surface area contributed by atoms with Crippen LogP contribution >= 0.6 is 11.6 Å². The van der Waals surface area contributed by atoms with Gasteiger partial charge in [0.1, 0.15) is 17.9 Å². The number of carbonyl (C=O) groups excluding carboxylic acids is 2. The Hall–Kier alpha value is -2.66. The van der Waals surface area contributed by atoms with Crippen molar-refractivity contribution in [2.45, 2.75) is 33.4 Å². The molecule has 0 spiro atoms. The highest BCUT2D eigenvalue weighted by Gasteiger charge is 2.41. The second kappa shape index (κ2) is 7.16. The molecule has 0 aliphatic carbocycles. The van der Waals surface area contributed by atoms with Gasteiger partial charge in [0.05, 0.1) is 0 Å². The van der Waals surface area contributed by atoms with Crippen molar-refractivity contribution >= 4 is 34.8 Å². The summed E-state index contributed by atoms with van der Waals surface area (Å²) in [5.41, 5.74) is 3.08. The molecule has 0 atom stereocenters. The molecule has 1 N–H and O–H groups in total. The molecule has 1 aliphatic rings. The van der Waals surface area contributed by atoms with Crippen LogP contribution in [0.5, 0.6) is 0 Å². The Morgan fingerprint density at radius 3 is 2.44 bits per heavy atom. The summed E-state index contributed by atoms with van der Waals surface area (Å²) in [7, 11) is 0. The number of nitrogens with zero attached hydrogens (tertiary/aromatic N) is 2. The molecule has 0 fully saturated rings. The van der Waals surface area contributed by atoms with Gasteiger partial charge in [-0.1, -0.05) is 41.4 Å². The molecule has 5 nitrogen and oxygen atoms in total. The number of anilines is 1. The van der Waals surface area contributed by atoms with E-state index in [1.54, 1.807) is 24.3 Å². The van der Waals surface area contributed by atoms with E-state index in [0.29, 0.717) is 16.3 Å². The summed E-state index contributed by atoms with van der Waals surface area (Å²) in [6.45, 7) is 7.51. The first-order chi connectivity index (χ1) is 12.7. The van der Waals surface area contributed by atoms with Crippen LogP contribution in [0.3, 0.4) is 0 Å². The number of hydrogen-bond donors (Lipinski definition) is 1. The van der Waals surface area contributed by atoms with Crippen LogP contribution in [-0.2, 0) is 9.59 Å². The smallest absolute Gasteiger partial charge is 0.275 e. The van der Waals surface area contributed by atoms with Crippen LogP contribution in [0.4, 0.5) is 5.69 Å². The van der Waals surface area contributed by atoms with E-state index in [-0.39, 0.29) is 18.4 Å². The third kappa shape index (κ3) is 4.03. The molecule has 0 bridgehead atoms. The molecule has 0 saturated carbocycles. The summed E-state index contributed by atoms with van der Waals surface area (Å²) < 4.78 is 0. The lowest BCUT2D eigenvalue weighted by Gasteiger charge is -2.28. The minimum atomic E-state index is -0.800. The zero-order valence-electron chi connectivity index (χ0n) is 15.8. The van der Waals surface area contributed by atoms with Crippen molar-refractivity contribution in [3.8, 4) is 0 Å². The van der Waals surface area contributed by atoms with Crippen LogP contribution < -0.4 is 5.32 Å². The van der Waals surface area contributed by atoms with Gasteiger partial charge < -0.3 is 10.2 Å². The Morgan fingerprint density at radius 1 is 1.15 bits per heavy atom. The fourth-order valence-corrected chi connectivity index (χ4v) is 3.23. The molecular weight excluding hydrogens is 362 g/mol. The first kappa shape index (κ1) is 19.1. The largest absolute Gasteiger partial charge is 0.324 e. The number of aliphatic imine (C=N–C) groups is 1. The highest BCUT2D eigenvalue weighted by Crippen LogP contribution is 2.27. The zero-order chi connectivity index (χ0) is 19.8. The van der Waals surface area contributed by atoms with Gasteiger partial charge in [0.25, 0.3) is 5.91 Å². The molecule has 1 heterocycles. The van der Waals surface area contributed by atoms with Crippen LogP contribution in [0.2, 0.25) is 5.02 Å². The normalized spacial score (nSPS) is 15.7. The van der Waals surface area contributed by atoms with E-state index in [9.17, 15) is 9.59 Å². The number of benzene rings is 2. The fraction of sp³-hybridized carbons (Fsp3) is 0.286. The Labute approximate surface area is 164 Å². The summed E-state index contributed by atoms with van der Waals surface area (Å²) in [4.78, 5) is 31.5. The third-order valence-electron chi connectivity index (χ3n) is 4.57. The van der Waals surface area contributed by atoms with Gasteiger partial charge in [0, 0.05) is 16.3 Å². The first-order valence-corrected chi connectivity index (χ1v) is 9.10. The van der Waals surface area contributed by atoms with Crippen LogP contribution in [-0.4, -0.2) is 34.6 Å². The fourth-order valence-electron chi connectivity index (χ4n) is 3.11. The maximum absolute atomic E-state index is 12.9. The summed E-state index contributed by atoms with van der Waals surface area (Å²) in [6, 6.07) is 12.8. The second-order valence-corrected chi connectivity index (χ2v) is 7.66. The average Bonchev–Trinajstić information content (AvgIpc) is 2.82. The van der Waals surface area contributed by atoms with Crippen LogP contribution in [0.1, 0.15) is 30.5 Å². The van der Waals surface area contributed by atoms with E-state index in [1.165, 1.54) is 4.90 Å². The molecular formula is C21H22ClN3O2. The molecule has 140 valence electrons. The summed E-state index contributed by atoms with van der Waals surface area (Å²) in [5, 5.41) is 3.47. The minimum absolute atomic E-state index is 0.0697. The van der Waals surface area contributed by atoms with E-state index in [0.717, 1.165) is 16.8 Å². The molecule has 27 heavy (non-hydrogen) atoms. The summed E-state index contributed by atoms with van der Waals surface area (Å²) in [6.07, 6.45) is 0. The van der Waals surface area contributed by atoms with Crippen molar-refractivity contribution in [1.29, 1.82) is 0 Å². The molecule has 0 saturated heterocycles. The highest BCUT2D eigenvalue weighted by molar-refractivity contribution is 6.47. The standard InChI is InChI=1S/C21H22ClN3O2/c1-13-5-10-17(14(2)11-13)23-18(26)12-25-20(27)19(24-21(25,3)4)15-6-8-16(22)9-7-15/h5-11H,12H2,1-4H3,(H,23,26). The van der Waals surface area contributed by atoms with Crippen LogP contribution in [0, 0.1) is 13.8 Å². The van der Waals surface area contributed by atoms with Gasteiger partial charge in [-0.05, 0) is 51.5 Å². The maximum Gasteiger partial charge on any atom is 0.275 e. The first-order valence-electron chi connectivity index (χ1n) is 8.72. The number of hydrogen-bond acceptors (Lipinski definition) is 3. The predicted molar refractivity (Wildman–Crippen MR) is 108 cm³/mol. The molecule has 2 aromatic rings. The van der Waals surface area contributed by atoms with E-state index >= 15 is 0 Å².